The van der Waals surface area contributed by atoms with Crippen molar-refractivity contribution >= 4 is 16.1 Å². The first-order valence-corrected chi connectivity index (χ1v) is 10.0. The number of amides is 1. The Balaban J connectivity index is 2.14. The van der Waals surface area contributed by atoms with Gasteiger partial charge in [0.15, 0.2) is 5.03 Å². The van der Waals surface area contributed by atoms with Gasteiger partial charge in [-0.2, -0.15) is 4.31 Å². The van der Waals surface area contributed by atoms with Gasteiger partial charge in [0.25, 0.3) is 10.0 Å². The molecule has 1 amide bonds. The predicted octanol–water partition coefficient (Wildman–Crippen LogP) is 1.51. The fraction of sp³-hybridized carbons (Fsp3) is 0.647. The molecule has 1 aliphatic heterocycles. The van der Waals surface area contributed by atoms with E-state index in [9.17, 15) is 18.3 Å². The standard InChI is InChI=1S/C17H27N3O5S/c1-12-8-9-13(19-16(22)25-17(2,3)4)14(21)11-20(12)26(23,24)15-7-5-6-10-18-15/h5-7,10,12-14,21H,8-9,11H2,1-4H3,(H,19,22)/t12-,13+,14-/m1/s1. The molecule has 0 bridgehead atoms. The Bertz CT molecular complexity index is 718. The van der Waals surface area contributed by atoms with Crippen molar-refractivity contribution in [1.29, 1.82) is 0 Å². The molecule has 26 heavy (non-hydrogen) atoms. The van der Waals surface area contributed by atoms with E-state index < -0.39 is 33.9 Å². The van der Waals surface area contributed by atoms with Gasteiger partial charge in [-0.3, -0.25) is 0 Å². The topological polar surface area (TPSA) is 109 Å². The molecule has 2 rings (SSSR count). The zero-order valence-corrected chi connectivity index (χ0v) is 16.4. The first-order valence-electron chi connectivity index (χ1n) is 8.61. The van der Waals surface area contributed by atoms with E-state index >= 15 is 0 Å². The summed E-state index contributed by atoms with van der Waals surface area (Å²) in [7, 11) is -3.83. The highest BCUT2D eigenvalue weighted by molar-refractivity contribution is 7.89. The molecule has 8 nitrogen and oxygen atoms in total. The number of nitrogens with zero attached hydrogens (tertiary/aromatic N) is 2. The van der Waals surface area contributed by atoms with Crippen LogP contribution in [0, 0.1) is 0 Å². The second kappa shape index (κ2) is 7.89. The summed E-state index contributed by atoms with van der Waals surface area (Å²) >= 11 is 0. The molecule has 0 radical (unpaired) electrons. The quantitative estimate of drug-likeness (QED) is 0.816. The van der Waals surface area contributed by atoms with Gasteiger partial charge in [-0.05, 0) is 52.7 Å². The molecule has 0 unspecified atom stereocenters. The minimum Gasteiger partial charge on any atom is -0.444 e. The minimum atomic E-state index is -3.83. The van der Waals surface area contributed by atoms with Crippen LogP contribution in [0.1, 0.15) is 40.5 Å². The molecule has 0 spiro atoms. The van der Waals surface area contributed by atoms with E-state index in [0.29, 0.717) is 12.8 Å². The Hall–Kier alpha value is -1.71. The van der Waals surface area contributed by atoms with Crippen molar-refractivity contribution in [3.63, 3.8) is 0 Å². The van der Waals surface area contributed by atoms with Crippen LogP contribution in [0.25, 0.3) is 0 Å². The number of rotatable bonds is 3. The van der Waals surface area contributed by atoms with E-state index in [-0.39, 0.29) is 17.6 Å². The van der Waals surface area contributed by atoms with E-state index in [2.05, 4.69) is 10.3 Å². The molecule has 146 valence electrons. The van der Waals surface area contributed by atoms with E-state index in [1.807, 2.05) is 0 Å². The number of aliphatic hydroxyl groups excluding tert-OH is 1. The van der Waals surface area contributed by atoms with Crippen molar-refractivity contribution in [2.75, 3.05) is 6.54 Å². The average Bonchev–Trinajstić information content (AvgIpc) is 2.67. The van der Waals surface area contributed by atoms with Gasteiger partial charge in [-0.25, -0.2) is 18.2 Å². The van der Waals surface area contributed by atoms with Gasteiger partial charge in [0.05, 0.1) is 12.1 Å². The van der Waals surface area contributed by atoms with Crippen molar-refractivity contribution < 1.29 is 23.1 Å². The van der Waals surface area contributed by atoms with Crippen molar-refractivity contribution in [3.8, 4) is 0 Å². The van der Waals surface area contributed by atoms with Crippen LogP contribution in [0.2, 0.25) is 0 Å². The molecule has 3 atom stereocenters. The Morgan fingerprint density at radius 3 is 2.62 bits per heavy atom. The molecule has 0 saturated carbocycles. The van der Waals surface area contributed by atoms with Crippen molar-refractivity contribution in [3.05, 3.63) is 24.4 Å². The third-order valence-corrected chi connectivity index (χ3v) is 6.03. The third kappa shape index (κ3) is 5.15. The summed E-state index contributed by atoms with van der Waals surface area (Å²) in [6, 6.07) is 3.75. The van der Waals surface area contributed by atoms with E-state index in [0.717, 1.165) is 0 Å². The summed E-state index contributed by atoms with van der Waals surface area (Å²) in [6.07, 6.45) is 0.666. The molecule has 0 aliphatic carbocycles. The number of hydrogen-bond donors (Lipinski definition) is 2. The molecule has 1 aromatic rings. The molecule has 9 heteroatoms. The van der Waals surface area contributed by atoms with Crippen molar-refractivity contribution in [1.82, 2.24) is 14.6 Å². The Labute approximate surface area is 154 Å². The van der Waals surface area contributed by atoms with E-state index in [1.54, 1.807) is 39.8 Å². The number of carbonyl (C=O) groups excluding carboxylic acids is 1. The minimum absolute atomic E-state index is 0.0578. The number of aromatic nitrogens is 1. The van der Waals surface area contributed by atoms with Crippen molar-refractivity contribution in [2.45, 2.75) is 69.4 Å². The van der Waals surface area contributed by atoms with Crippen LogP contribution in [-0.4, -0.2) is 59.2 Å². The first-order chi connectivity index (χ1) is 12.0. The van der Waals surface area contributed by atoms with E-state index in [4.69, 9.17) is 4.74 Å². The second-order valence-electron chi connectivity index (χ2n) is 7.49. The highest BCUT2D eigenvalue weighted by Gasteiger charge is 2.37. The maximum atomic E-state index is 12.9. The first kappa shape index (κ1) is 20.6. The molecule has 2 heterocycles. The van der Waals surface area contributed by atoms with Gasteiger partial charge in [0.2, 0.25) is 0 Å². The van der Waals surface area contributed by atoms with E-state index in [1.165, 1.54) is 16.6 Å². The zero-order valence-electron chi connectivity index (χ0n) is 15.5. The van der Waals surface area contributed by atoms with Crippen LogP contribution < -0.4 is 5.32 Å². The van der Waals surface area contributed by atoms with Gasteiger partial charge in [-0.15, -0.1) is 0 Å². The lowest BCUT2D eigenvalue weighted by molar-refractivity contribution is 0.0414. The van der Waals surface area contributed by atoms with Gasteiger partial charge in [-0.1, -0.05) is 6.07 Å². The number of β-amino-alcohol motifs (C(OH)–C–C–N with tert-alkyl or cyclic N) is 1. The number of nitrogens with one attached hydrogen (secondary N) is 1. The van der Waals surface area contributed by atoms with Gasteiger partial charge >= 0.3 is 6.09 Å². The second-order valence-corrected chi connectivity index (χ2v) is 9.33. The molecule has 2 N–H and O–H groups in total. The molecular formula is C17H27N3O5S. The summed E-state index contributed by atoms with van der Waals surface area (Å²) in [5.74, 6) is 0. The number of pyridine rings is 1. The summed E-state index contributed by atoms with van der Waals surface area (Å²) < 4.78 is 32.2. The number of alkyl carbamates (subject to hydrolysis) is 1. The average molecular weight is 385 g/mol. The summed E-state index contributed by atoms with van der Waals surface area (Å²) in [5, 5.41) is 13.1. The van der Waals surface area contributed by atoms with Crippen molar-refractivity contribution in [2.24, 2.45) is 0 Å². The monoisotopic (exact) mass is 385 g/mol. The molecular weight excluding hydrogens is 358 g/mol. The highest BCUT2D eigenvalue weighted by atomic mass is 32.2. The summed E-state index contributed by atoms with van der Waals surface area (Å²) in [4.78, 5) is 15.9. The lowest BCUT2D eigenvalue weighted by Crippen LogP contribution is -2.49. The number of hydrogen-bond acceptors (Lipinski definition) is 6. The number of sulfonamides is 1. The largest absolute Gasteiger partial charge is 0.444 e. The van der Waals surface area contributed by atoms with Crippen LogP contribution in [0.15, 0.2) is 29.4 Å². The Morgan fingerprint density at radius 1 is 1.35 bits per heavy atom. The number of ether oxygens (including phenoxy) is 1. The smallest absolute Gasteiger partial charge is 0.407 e. The Morgan fingerprint density at radius 2 is 2.04 bits per heavy atom. The maximum absolute atomic E-state index is 12.9. The SMILES string of the molecule is C[C@@H]1CC[C@H](NC(=O)OC(C)(C)C)[C@H](O)CN1S(=O)(=O)c1ccccn1. The maximum Gasteiger partial charge on any atom is 0.407 e. The summed E-state index contributed by atoms with van der Waals surface area (Å²) in [5.41, 5.74) is -0.651. The lowest BCUT2D eigenvalue weighted by atomic mass is 10.1. The molecule has 1 saturated heterocycles. The van der Waals surface area contributed by atoms with Crippen LogP contribution in [0.4, 0.5) is 4.79 Å². The molecule has 1 fully saturated rings. The van der Waals surface area contributed by atoms with Crippen LogP contribution in [0.3, 0.4) is 0 Å². The number of carbonyl (C=O) groups is 1. The molecule has 1 aromatic heterocycles. The lowest BCUT2D eigenvalue weighted by Gasteiger charge is -2.28. The zero-order chi connectivity index (χ0) is 19.5. The predicted molar refractivity (Wildman–Crippen MR) is 96.0 cm³/mol. The van der Waals surface area contributed by atoms with Crippen LogP contribution >= 0.6 is 0 Å². The fourth-order valence-corrected chi connectivity index (χ4v) is 4.44. The molecule has 0 aromatic carbocycles. The van der Waals surface area contributed by atoms with Crippen LogP contribution in [0.5, 0.6) is 0 Å². The summed E-state index contributed by atoms with van der Waals surface area (Å²) in [6.45, 7) is 6.90. The number of aliphatic hydroxyl groups is 1. The molecule has 1 aliphatic rings. The van der Waals surface area contributed by atoms with Crippen LogP contribution in [-0.2, 0) is 14.8 Å². The van der Waals surface area contributed by atoms with Gasteiger partial charge in [0, 0.05) is 18.8 Å². The third-order valence-electron chi connectivity index (χ3n) is 4.13. The fourth-order valence-electron chi connectivity index (χ4n) is 2.83. The van der Waals surface area contributed by atoms with Gasteiger partial charge < -0.3 is 15.2 Å². The van der Waals surface area contributed by atoms with Gasteiger partial charge in [0.1, 0.15) is 5.60 Å². The normalized spacial score (nSPS) is 25.3. The Kier molecular flexibility index (Phi) is 6.25. The highest BCUT2D eigenvalue weighted by Crippen LogP contribution is 2.24.